The Bertz CT molecular complexity index is 716. The van der Waals surface area contributed by atoms with E-state index >= 15 is 0 Å². The zero-order valence-corrected chi connectivity index (χ0v) is 18.7. The van der Waals surface area contributed by atoms with E-state index < -0.39 is 0 Å². The minimum atomic E-state index is 0.970. The number of hydrogen-bond donors (Lipinski definition) is 0. The van der Waals surface area contributed by atoms with Crippen LogP contribution >= 0.6 is 0 Å². The Morgan fingerprint density at radius 2 is 1.66 bits per heavy atom. The number of azide groups is 1. The summed E-state index contributed by atoms with van der Waals surface area (Å²) in [6.07, 6.45) is 16.8. The van der Waals surface area contributed by atoms with Crippen molar-refractivity contribution in [2.24, 2.45) is 47.7 Å². The Hall–Kier alpha value is -1.81. The van der Waals surface area contributed by atoms with Crippen LogP contribution in [0, 0.1) is 35.5 Å². The van der Waals surface area contributed by atoms with E-state index in [1.54, 1.807) is 0 Å². The van der Waals surface area contributed by atoms with Gasteiger partial charge in [0.1, 0.15) is 0 Å². The standard InChI is InChI=1S/C11H17N3.C11H18.CH3N3/c1-7-8-3-5-10-11(6-4-9(7)8)14(2)13-12-10;1-2-9-10-7-5-3-4-6-8-11(9)10;1-3-4-2/h7-9H,3-6H2,1-2H3;3-4,9-11H,2,5-8H2,1H3;1H3/b;4-3-;. The zero-order chi connectivity index (χ0) is 20.8. The van der Waals surface area contributed by atoms with Crippen LogP contribution in [0.4, 0.5) is 0 Å². The summed E-state index contributed by atoms with van der Waals surface area (Å²) in [6.45, 7) is 4.75. The number of aryl methyl sites for hydroxylation is 2. The van der Waals surface area contributed by atoms with Crippen molar-refractivity contribution in [1.29, 1.82) is 0 Å². The lowest BCUT2D eigenvalue weighted by atomic mass is 10.0. The molecule has 0 spiro atoms. The second-order valence-electron chi connectivity index (χ2n) is 9.19. The van der Waals surface area contributed by atoms with Crippen molar-refractivity contribution in [3.63, 3.8) is 0 Å². The summed E-state index contributed by atoms with van der Waals surface area (Å²) in [6, 6.07) is 0. The van der Waals surface area contributed by atoms with Crippen molar-refractivity contribution < 1.29 is 0 Å². The molecule has 2 fully saturated rings. The van der Waals surface area contributed by atoms with Crippen LogP contribution in [0.5, 0.6) is 0 Å². The van der Waals surface area contributed by atoms with Gasteiger partial charge in [0.2, 0.25) is 0 Å². The summed E-state index contributed by atoms with van der Waals surface area (Å²) in [5, 5.41) is 11.3. The number of aromatic nitrogens is 3. The smallest absolute Gasteiger partial charge is 0.0859 e. The third-order valence-electron chi connectivity index (χ3n) is 7.78. The third-order valence-corrected chi connectivity index (χ3v) is 7.78. The molecular formula is C23H38N6. The molecule has 2 saturated carbocycles. The van der Waals surface area contributed by atoms with Gasteiger partial charge >= 0.3 is 0 Å². The van der Waals surface area contributed by atoms with Crippen LogP contribution in [0.25, 0.3) is 10.4 Å². The molecule has 0 aromatic carbocycles. The van der Waals surface area contributed by atoms with E-state index in [0.717, 1.165) is 41.9 Å². The molecule has 0 aliphatic heterocycles. The number of allylic oxidation sites excluding steroid dienone is 2. The number of nitrogens with zero attached hydrogens (tertiary/aromatic N) is 6. The summed E-state index contributed by atoms with van der Waals surface area (Å²) in [4.78, 5) is 2.36. The van der Waals surface area contributed by atoms with Gasteiger partial charge < -0.3 is 0 Å². The highest BCUT2D eigenvalue weighted by Gasteiger charge is 2.47. The van der Waals surface area contributed by atoms with Crippen LogP contribution in [0.1, 0.15) is 70.2 Å². The monoisotopic (exact) mass is 398 g/mol. The lowest BCUT2D eigenvalue weighted by Crippen LogP contribution is -2.04. The Kier molecular flexibility index (Phi) is 7.77. The SMILES string of the molecule is CC1C2CCc3nnn(C)c3CCC12.CCC1C2CC/C=C\CCC12.CN=[N+]=[N-]. The Morgan fingerprint density at radius 1 is 1.07 bits per heavy atom. The van der Waals surface area contributed by atoms with Crippen LogP contribution in [0.3, 0.4) is 0 Å². The summed E-state index contributed by atoms with van der Waals surface area (Å²) in [5.41, 5.74) is 9.97. The first kappa shape index (κ1) is 21.9. The molecule has 0 radical (unpaired) electrons. The average molecular weight is 399 g/mol. The quantitative estimate of drug-likeness (QED) is 0.256. The molecule has 0 bridgehead atoms. The highest BCUT2D eigenvalue weighted by Crippen LogP contribution is 2.54. The molecule has 5 rings (SSSR count). The second-order valence-corrected chi connectivity index (χ2v) is 9.19. The van der Waals surface area contributed by atoms with Crippen LogP contribution in [-0.2, 0) is 19.9 Å². The van der Waals surface area contributed by atoms with Crippen molar-refractivity contribution >= 4 is 0 Å². The van der Waals surface area contributed by atoms with Gasteiger partial charge in [-0.2, -0.15) is 0 Å². The Labute approximate surface area is 175 Å². The fourth-order valence-corrected chi connectivity index (χ4v) is 5.92. The summed E-state index contributed by atoms with van der Waals surface area (Å²) < 4.78 is 1.96. The van der Waals surface area contributed by atoms with Crippen LogP contribution in [-0.4, -0.2) is 22.0 Å². The molecular weight excluding hydrogens is 360 g/mol. The normalized spacial score (nSPS) is 34.9. The number of fused-ring (bicyclic) bond motifs is 3. The predicted octanol–water partition coefficient (Wildman–Crippen LogP) is 5.89. The van der Waals surface area contributed by atoms with Crippen LogP contribution in [0.2, 0.25) is 0 Å². The largest absolute Gasteiger partial charge is 0.252 e. The molecule has 5 unspecified atom stereocenters. The Balaban J connectivity index is 0.000000144. The molecule has 29 heavy (non-hydrogen) atoms. The summed E-state index contributed by atoms with van der Waals surface area (Å²) in [5.74, 6) is 6.30. The first-order valence-corrected chi connectivity index (χ1v) is 11.6. The molecule has 0 saturated heterocycles. The van der Waals surface area contributed by atoms with Crippen molar-refractivity contribution in [3.05, 3.63) is 34.0 Å². The number of hydrogen-bond acceptors (Lipinski definition) is 3. The minimum absolute atomic E-state index is 0.970. The van der Waals surface area contributed by atoms with Gasteiger partial charge in [0, 0.05) is 19.0 Å². The predicted molar refractivity (Wildman–Crippen MR) is 117 cm³/mol. The molecule has 0 amide bonds. The minimum Gasteiger partial charge on any atom is -0.252 e. The molecule has 1 aromatic rings. The number of rotatable bonds is 1. The zero-order valence-electron chi connectivity index (χ0n) is 18.7. The highest BCUT2D eigenvalue weighted by molar-refractivity contribution is 5.14. The van der Waals surface area contributed by atoms with Gasteiger partial charge in [-0.05, 0) is 92.4 Å². The maximum Gasteiger partial charge on any atom is 0.0859 e. The molecule has 5 atom stereocenters. The maximum absolute atomic E-state index is 7.33. The Morgan fingerprint density at radius 3 is 2.21 bits per heavy atom. The van der Waals surface area contributed by atoms with Gasteiger partial charge in [0.05, 0.1) is 11.4 Å². The van der Waals surface area contributed by atoms with Gasteiger partial charge in [-0.3, -0.25) is 4.68 Å². The van der Waals surface area contributed by atoms with Crippen LogP contribution < -0.4 is 0 Å². The fourth-order valence-electron chi connectivity index (χ4n) is 5.92. The van der Waals surface area contributed by atoms with Gasteiger partial charge in [-0.25, -0.2) is 0 Å². The third kappa shape index (κ3) is 5.42. The van der Waals surface area contributed by atoms with Gasteiger partial charge in [0.15, 0.2) is 0 Å². The average Bonchev–Trinajstić information content (AvgIpc) is 3.49. The second kappa shape index (κ2) is 10.3. The van der Waals surface area contributed by atoms with Crippen molar-refractivity contribution in [3.8, 4) is 0 Å². The van der Waals surface area contributed by atoms with E-state index in [9.17, 15) is 0 Å². The fraction of sp³-hybridized carbons (Fsp3) is 0.826. The van der Waals surface area contributed by atoms with E-state index in [1.165, 1.54) is 69.8 Å². The highest BCUT2D eigenvalue weighted by atomic mass is 15.4. The molecule has 160 valence electrons. The van der Waals surface area contributed by atoms with Gasteiger partial charge in [-0.1, -0.05) is 42.7 Å². The topological polar surface area (TPSA) is 79.5 Å². The van der Waals surface area contributed by atoms with Gasteiger partial charge in [0.25, 0.3) is 0 Å². The maximum atomic E-state index is 7.33. The summed E-state index contributed by atoms with van der Waals surface area (Å²) in [7, 11) is 3.40. The van der Waals surface area contributed by atoms with Crippen molar-refractivity contribution in [1.82, 2.24) is 15.0 Å². The lowest BCUT2D eigenvalue weighted by molar-refractivity contribution is 0.566. The molecule has 6 nitrogen and oxygen atoms in total. The van der Waals surface area contributed by atoms with Gasteiger partial charge in [-0.15, -0.1) is 5.10 Å². The molecule has 1 aromatic heterocycles. The van der Waals surface area contributed by atoms with E-state index in [4.69, 9.17) is 5.53 Å². The first-order chi connectivity index (χ1) is 14.1. The first-order valence-electron chi connectivity index (χ1n) is 11.6. The van der Waals surface area contributed by atoms with Crippen molar-refractivity contribution in [2.75, 3.05) is 7.05 Å². The molecule has 1 heterocycles. The van der Waals surface area contributed by atoms with Crippen molar-refractivity contribution in [2.45, 2.75) is 71.6 Å². The van der Waals surface area contributed by atoms with E-state index in [2.05, 4.69) is 46.3 Å². The van der Waals surface area contributed by atoms with E-state index in [0.29, 0.717) is 0 Å². The van der Waals surface area contributed by atoms with E-state index in [-0.39, 0.29) is 0 Å². The molecule has 4 aliphatic rings. The summed E-state index contributed by atoms with van der Waals surface area (Å²) >= 11 is 0. The molecule has 4 aliphatic carbocycles. The molecule has 6 heteroatoms. The lowest BCUT2D eigenvalue weighted by Gasteiger charge is -2.07. The van der Waals surface area contributed by atoms with E-state index in [1.807, 2.05) is 11.7 Å². The molecule has 0 N–H and O–H groups in total. The van der Waals surface area contributed by atoms with Crippen LogP contribution in [0.15, 0.2) is 17.3 Å².